The first kappa shape index (κ1) is 79.1. The van der Waals surface area contributed by atoms with E-state index in [1.807, 2.05) is 0 Å². The Morgan fingerprint density at radius 2 is 0.750 bits per heavy atom. The predicted octanol–water partition coefficient (Wildman–Crippen LogP) is -1.61. The SMILES string of the molecule is Cl.O.O.[Sn]. The fourth-order valence-corrected chi connectivity index (χ4v) is 0. The van der Waals surface area contributed by atoms with Crippen molar-refractivity contribution in [2.45, 2.75) is 0 Å². The Bertz CT molecular complexity index is 6.00. The van der Waals surface area contributed by atoms with Crippen LogP contribution in [0.1, 0.15) is 0 Å². The van der Waals surface area contributed by atoms with E-state index in [1.54, 1.807) is 0 Å². The molecule has 28 valence electrons. The van der Waals surface area contributed by atoms with Crippen LogP contribution in [0.2, 0.25) is 0 Å². The number of hydrogen-bond acceptors (Lipinski definition) is 0. The molecule has 0 saturated carbocycles. The van der Waals surface area contributed by atoms with Gasteiger partial charge >= 0.3 is 0 Å². The van der Waals surface area contributed by atoms with Gasteiger partial charge < -0.3 is 11.0 Å². The summed E-state index contributed by atoms with van der Waals surface area (Å²) >= 11 is 0. The third-order valence-electron chi connectivity index (χ3n) is 0. The van der Waals surface area contributed by atoms with Gasteiger partial charge in [-0.15, -0.1) is 12.4 Å². The van der Waals surface area contributed by atoms with Crippen molar-refractivity contribution in [1.82, 2.24) is 0 Å². The molecule has 0 unspecified atom stereocenters. The largest absolute Gasteiger partial charge is 0.412 e. The Morgan fingerprint density at radius 1 is 0.750 bits per heavy atom. The summed E-state index contributed by atoms with van der Waals surface area (Å²) in [5.74, 6) is 0. The Labute approximate surface area is 47.6 Å². The molecule has 0 amide bonds. The minimum Gasteiger partial charge on any atom is -0.412 e. The van der Waals surface area contributed by atoms with Crippen LogP contribution in [-0.2, 0) is 0 Å². The van der Waals surface area contributed by atoms with Crippen LogP contribution in [0.3, 0.4) is 0 Å². The van der Waals surface area contributed by atoms with Crippen LogP contribution in [0.4, 0.5) is 0 Å². The minimum atomic E-state index is 0. The van der Waals surface area contributed by atoms with E-state index in [2.05, 4.69) is 0 Å². The zero-order valence-electron chi connectivity index (χ0n) is 1.91. The summed E-state index contributed by atoms with van der Waals surface area (Å²) in [7, 11) is 0. The van der Waals surface area contributed by atoms with Crippen molar-refractivity contribution in [3.63, 3.8) is 0 Å². The van der Waals surface area contributed by atoms with Gasteiger partial charge in [-0.1, -0.05) is 0 Å². The first-order chi connectivity index (χ1) is 0. The van der Waals surface area contributed by atoms with Crippen LogP contribution < -0.4 is 0 Å². The van der Waals surface area contributed by atoms with Crippen LogP contribution in [-0.4, -0.2) is 34.9 Å². The third-order valence-corrected chi connectivity index (χ3v) is 0. The summed E-state index contributed by atoms with van der Waals surface area (Å²) in [6.45, 7) is 0. The second kappa shape index (κ2) is 35.7. The summed E-state index contributed by atoms with van der Waals surface area (Å²) in [5.41, 5.74) is 0. The van der Waals surface area contributed by atoms with Gasteiger partial charge in [0, 0.05) is 23.9 Å². The second-order valence-corrected chi connectivity index (χ2v) is 0. The Morgan fingerprint density at radius 3 is 0.750 bits per heavy atom. The number of rotatable bonds is 0. The molecule has 0 aromatic carbocycles. The Balaban J connectivity index is 0. The van der Waals surface area contributed by atoms with Gasteiger partial charge in [-0.3, -0.25) is 0 Å². The van der Waals surface area contributed by atoms with Crippen LogP contribution in [0.15, 0.2) is 0 Å². The first-order valence-corrected chi connectivity index (χ1v) is 0. The molecule has 0 aliphatic heterocycles. The summed E-state index contributed by atoms with van der Waals surface area (Å²) in [6.07, 6.45) is 0. The molecule has 0 saturated heterocycles. The van der Waals surface area contributed by atoms with E-state index in [0.717, 1.165) is 0 Å². The van der Waals surface area contributed by atoms with E-state index in [9.17, 15) is 0 Å². The molecule has 0 fully saturated rings. The molecular formula is H5ClO2Sn. The van der Waals surface area contributed by atoms with Gasteiger partial charge in [-0.25, -0.2) is 0 Å². The van der Waals surface area contributed by atoms with Crippen LogP contribution in [0.5, 0.6) is 0 Å². The molecular weight excluding hydrogens is 186 g/mol. The maximum atomic E-state index is 0. The summed E-state index contributed by atoms with van der Waals surface area (Å²) in [4.78, 5) is 0. The van der Waals surface area contributed by atoms with E-state index >= 15 is 0 Å². The average Bonchev–Trinajstić information content (AvgIpc) is 0. The van der Waals surface area contributed by atoms with Gasteiger partial charge in [0.2, 0.25) is 0 Å². The average molecular weight is 191 g/mol. The predicted molar refractivity (Wildman–Crippen MR) is 20.2 cm³/mol. The Kier molecular flexibility index (Phi) is 705. The molecule has 0 aliphatic rings. The fraction of sp³-hybridized carbons (Fsp3) is 0. The standard InChI is InChI=1S/ClH.2H2O.Sn/h1H;2*1H2;. The fourth-order valence-electron chi connectivity index (χ4n) is 0. The van der Waals surface area contributed by atoms with E-state index in [-0.39, 0.29) is 47.3 Å². The minimum absolute atomic E-state index is 0. The van der Waals surface area contributed by atoms with Crippen molar-refractivity contribution in [2.24, 2.45) is 0 Å². The Hall–Kier alpha value is 1.01. The van der Waals surface area contributed by atoms with Crippen molar-refractivity contribution < 1.29 is 11.0 Å². The molecule has 4 radical (unpaired) electrons. The molecule has 4 heteroatoms. The zero-order valence-corrected chi connectivity index (χ0v) is 5.58. The zero-order chi connectivity index (χ0) is 0. The summed E-state index contributed by atoms with van der Waals surface area (Å²) < 4.78 is 0. The summed E-state index contributed by atoms with van der Waals surface area (Å²) in [5, 5.41) is 0. The summed E-state index contributed by atoms with van der Waals surface area (Å²) in [6, 6.07) is 0. The van der Waals surface area contributed by atoms with Gasteiger partial charge in [0.25, 0.3) is 0 Å². The van der Waals surface area contributed by atoms with Crippen molar-refractivity contribution in [3.8, 4) is 0 Å². The monoisotopic (exact) mass is 192 g/mol. The van der Waals surface area contributed by atoms with Gasteiger partial charge in [0.05, 0.1) is 0 Å². The van der Waals surface area contributed by atoms with E-state index in [4.69, 9.17) is 0 Å². The van der Waals surface area contributed by atoms with Crippen LogP contribution >= 0.6 is 12.4 Å². The third kappa shape index (κ3) is 11.9. The molecule has 0 rings (SSSR count). The molecule has 0 bridgehead atoms. The molecule has 2 nitrogen and oxygen atoms in total. The maximum absolute atomic E-state index is 0. The van der Waals surface area contributed by atoms with E-state index in [0.29, 0.717) is 0 Å². The second-order valence-electron chi connectivity index (χ2n) is 0. The molecule has 4 heavy (non-hydrogen) atoms. The van der Waals surface area contributed by atoms with Gasteiger partial charge in [0.1, 0.15) is 0 Å². The molecule has 0 aromatic heterocycles. The molecule has 0 heterocycles. The van der Waals surface area contributed by atoms with Crippen LogP contribution in [0, 0.1) is 0 Å². The quantitative estimate of drug-likeness (QED) is 0.414. The first-order valence-electron chi connectivity index (χ1n) is 0. The number of hydrogen-bond donors (Lipinski definition) is 0. The molecule has 4 N–H and O–H groups in total. The molecule has 0 aliphatic carbocycles. The normalized spacial score (nSPS) is 0. The van der Waals surface area contributed by atoms with Crippen molar-refractivity contribution in [1.29, 1.82) is 0 Å². The van der Waals surface area contributed by atoms with Crippen molar-refractivity contribution in [3.05, 3.63) is 0 Å². The number of halogens is 1. The topological polar surface area (TPSA) is 63.0 Å². The van der Waals surface area contributed by atoms with Gasteiger partial charge in [-0.2, -0.15) is 0 Å². The molecule has 0 aromatic rings. The maximum Gasteiger partial charge on any atom is 0 e. The van der Waals surface area contributed by atoms with Crippen molar-refractivity contribution in [2.75, 3.05) is 0 Å². The van der Waals surface area contributed by atoms with Gasteiger partial charge in [0.15, 0.2) is 0 Å². The van der Waals surface area contributed by atoms with E-state index < -0.39 is 0 Å². The van der Waals surface area contributed by atoms with Crippen LogP contribution in [0.25, 0.3) is 0 Å². The molecule has 0 spiro atoms. The van der Waals surface area contributed by atoms with E-state index in [1.165, 1.54) is 0 Å². The van der Waals surface area contributed by atoms with Gasteiger partial charge in [-0.05, 0) is 0 Å². The molecule has 0 atom stereocenters. The van der Waals surface area contributed by atoms with Crippen molar-refractivity contribution >= 4 is 36.3 Å². The smallest absolute Gasteiger partial charge is 0 e.